The smallest absolute Gasteiger partial charge is 0.271 e. The van der Waals surface area contributed by atoms with E-state index in [4.69, 9.17) is 0 Å². The number of aromatic hydroxyl groups is 1. The van der Waals surface area contributed by atoms with Crippen molar-refractivity contribution in [1.82, 2.24) is 0 Å². The average molecular weight is 530 g/mol. The van der Waals surface area contributed by atoms with E-state index in [-0.39, 0.29) is 11.7 Å². The van der Waals surface area contributed by atoms with Crippen LogP contribution in [0.2, 0.25) is 0 Å². The molecule has 3 aromatic rings. The van der Waals surface area contributed by atoms with Crippen molar-refractivity contribution in [1.29, 1.82) is 0 Å². The average Bonchev–Trinajstić information content (AvgIpc) is 3.02. The number of halogens is 2. The Labute approximate surface area is 189 Å². The lowest BCUT2D eigenvalue weighted by Crippen LogP contribution is -2.28. The van der Waals surface area contributed by atoms with E-state index in [9.17, 15) is 9.90 Å². The Morgan fingerprint density at radius 2 is 1.62 bits per heavy atom. The van der Waals surface area contributed by atoms with Gasteiger partial charge in [-0.05, 0) is 70.2 Å². The Bertz CT molecular complexity index is 1130. The lowest BCUT2D eigenvalue weighted by molar-refractivity contribution is -0.113. The van der Waals surface area contributed by atoms with Gasteiger partial charge in [0.05, 0.1) is 20.8 Å². The summed E-state index contributed by atoms with van der Waals surface area (Å²) in [5.74, 6) is -0.111. The number of amidine groups is 1. The van der Waals surface area contributed by atoms with Crippen LogP contribution < -0.4 is 4.90 Å². The van der Waals surface area contributed by atoms with Crippen molar-refractivity contribution in [2.75, 3.05) is 4.90 Å². The number of hydrogen-bond donors (Lipinski definition) is 1. The standard InChI is InChI=1S/C22H14Br2N2O2S/c23-15-11-14(20(27)18(24)13-15)12-19-21(28)26(17-9-5-2-6-10-17)22(29-19)25-16-7-3-1-4-8-16/h1-13,27H/b19-12-,25-22?. The van der Waals surface area contributed by atoms with Crippen LogP contribution in [0, 0.1) is 0 Å². The van der Waals surface area contributed by atoms with E-state index < -0.39 is 0 Å². The lowest BCUT2D eigenvalue weighted by atomic mass is 10.2. The van der Waals surface area contributed by atoms with Gasteiger partial charge in [-0.25, -0.2) is 4.99 Å². The highest BCUT2D eigenvalue weighted by atomic mass is 79.9. The number of phenols is 1. The van der Waals surface area contributed by atoms with Crippen molar-refractivity contribution in [2.45, 2.75) is 0 Å². The molecular formula is C22H14Br2N2O2S. The van der Waals surface area contributed by atoms with Gasteiger partial charge in [-0.3, -0.25) is 9.69 Å². The fourth-order valence-corrected chi connectivity index (χ4v) is 5.05. The van der Waals surface area contributed by atoms with E-state index in [0.717, 1.165) is 15.8 Å². The number of thioether (sulfide) groups is 1. The molecule has 0 unspecified atom stereocenters. The third-order valence-corrected chi connectivity index (χ3v) is 6.18. The molecular weight excluding hydrogens is 516 g/mol. The highest BCUT2D eigenvalue weighted by Gasteiger charge is 2.35. The minimum Gasteiger partial charge on any atom is -0.506 e. The summed E-state index contributed by atoms with van der Waals surface area (Å²) < 4.78 is 1.34. The van der Waals surface area contributed by atoms with Crippen molar-refractivity contribution in [3.63, 3.8) is 0 Å². The molecule has 1 aliphatic heterocycles. The molecule has 1 saturated heterocycles. The maximum atomic E-state index is 13.2. The van der Waals surface area contributed by atoms with Gasteiger partial charge in [0.25, 0.3) is 5.91 Å². The molecule has 3 aromatic carbocycles. The third kappa shape index (κ3) is 4.32. The molecule has 0 bridgehead atoms. The van der Waals surface area contributed by atoms with Gasteiger partial charge in [-0.15, -0.1) is 0 Å². The number of aliphatic imine (C=N–C) groups is 1. The van der Waals surface area contributed by atoms with Crippen molar-refractivity contribution < 1.29 is 9.90 Å². The maximum Gasteiger partial charge on any atom is 0.271 e. The minimum atomic E-state index is -0.189. The molecule has 1 fully saturated rings. The van der Waals surface area contributed by atoms with Crippen LogP contribution in [-0.2, 0) is 4.79 Å². The fourth-order valence-electron chi connectivity index (χ4n) is 2.80. The van der Waals surface area contributed by atoms with Gasteiger partial charge in [0, 0.05) is 10.0 Å². The van der Waals surface area contributed by atoms with Crippen LogP contribution in [0.15, 0.2) is 91.6 Å². The number of nitrogens with zero attached hydrogens (tertiary/aromatic N) is 2. The largest absolute Gasteiger partial charge is 0.506 e. The third-order valence-electron chi connectivity index (χ3n) is 4.15. The molecule has 144 valence electrons. The zero-order valence-electron chi connectivity index (χ0n) is 14.9. The predicted molar refractivity (Wildman–Crippen MR) is 127 cm³/mol. The summed E-state index contributed by atoms with van der Waals surface area (Å²) >= 11 is 8.03. The Kier molecular flexibility index (Phi) is 5.89. The molecule has 1 N–H and O–H groups in total. The molecule has 4 nitrogen and oxygen atoms in total. The predicted octanol–water partition coefficient (Wildman–Crippen LogP) is 6.73. The highest BCUT2D eigenvalue weighted by Crippen LogP contribution is 2.40. The Balaban J connectivity index is 1.80. The van der Waals surface area contributed by atoms with Gasteiger partial charge >= 0.3 is 0 Å². The second kappa shape index (κ2) is 8.57. The first-order valence-electron chi connectivity index (χ1n) is 8.64. The summed E-state index contributed by atoms with van der Waals surface area (Å²) in [6.07, 6.45) is 1.68. The van der Waals surface area contributed by atoms with Gasteiger partial charge < -0.3 is 5.11 Å². The zero-order chi connectivity index (χ0) is 20.4. The van der Waals surface area contributed by atoms with Crippen LogP contribution in [0.4, 0.5) is 11.4 Å². The molecule has 1 heterocycles. The van der Waals surface area contributed by atoms with Crippen LogP contribution in [0.1, 0.15) is 5.56 Å². The normalized spacial score (nSPS) is 16.8. The van der Waals surface area contributed by atoms with Crippen molar-refractivity contribution in [3.05, 3.63) is 92.2 Å². The monoisotopic (exact) mass is 528 g/mol. The van der Waals surface area contributed by atoms with E-state index in [2.05, 4.69) is 36.9 Å². The van der Waals surface area contributed by atoms with Gasteiger partial charge in [0.2, 0.25) is 0 Å². The second-order valence-electron chi connectivity index (χ2n) is 6.14. The van der Waals surface area contributed by atoms with E-state index >= 15 is 0 Å². The van der Waals surface area contributed by atoms with Crippen LogP contribution in [0.5, 0.6) is 5.75 Å². The number of carbonyl (C=O) groups is 1. The molecule has 0 spiro atoms. The molecule has 0 aliphatic carbocycles. The van der Waals surface area contributed by atoms with Gasteiger partial charge in [0.15, 0.2) is 5.17 Å². The summed E-state index contributed by atoms with van der Waals surface area (Å²) in [4.78, 5) is 20.0. The number of amides is 1. The number of carbonyl (C=O) groups excluding carboxylic acids is 1. The number of anilines is 1. The summed E-state index contributed by atoms with van der Waals surface area (Å²) in [6, 6.07) is 22.4. The molecule has 7 heteroatoms. The number of benzene rings is 3. The Morgan fingerprint density at radius 1 is 0.966 bits per heavy atom. The number of para-hydroxylation sites is 2. The quantitative estimate of drug-likeness (QED) is 0.383. The van der Waals surface area contributed by atoms with Crippen molar-refractivity contribution in [2.24, 2.45) is 4.99 Å². The molecule has 0 aromatic heterocycles. The van der Waals surface area contributed by atoms with E-state index in [1.807, 2.05) is 60.7 Å². The molecule has 0 radical (unpaired) electrons. The van der Waals surface area contributed by atoms with Crippen molar-refractivity contribution >= 4 is 72.1 Å². The first-order valence-corrected chi connectivity index (χ1v) is 11.0. The lowest BCUT2D eigenvalue weighted by Gasteiger charge is -2.15. The van der Waals surface area contributed by atoms with Crippen molar-refractivity contribution in [3.8, 4) is 5.75 Å². The summed E-state index contributed by atoms with van der Waals surface area (Å²) in [6.45, 7) is 0. The minimum absolute atomic E-state index is 0.0776. The van der Waals surface area contributed by atoms with E-state index in [0.29, 0.717) is 20.1 Å². The molecule has 1 amide bonds. The second-order valence-corrected chi connectivity index (χ2v) is 8.92. The van der Waals surface area contributed by atoms with Gasteiger partial charge in [0.1, 0.15) is 5.75 Å². The Morgan fingerprint density at radius 3 is 2.31 bits per heavy atom. The Hall–Kier alpha value is -2.35. The zero-order valence-corrected chi connectivity index (χ0v) is 18.9. The molecule has 4 rings (SSSR count). The topological polar surface area (TPSA) is 52.9 Å². The number of hydrogen-bond acceptors (Lipinski definition) is 4. The highest BCUT2D eigenvalue weighted by molar-refractivity contribution is 9.11. The first-order chi connectivity index (χ1) is 14.0. The fraction of sp³-hybridized carbons (Fsp3) is 0. The van der Waals surface area contributed by atoms with Gasteiger partial charge in [-0.2, -0.15) is 0 Å². The molecule has 0 saturated carbocycles. The summed E-state index contributed by atoms with van der Waals surface area (Å²) in [5, 5.41) is 10.9. The van der Waals surface area contributed by atoms with Crippen LogP contribution >= 0.6 is 43.6 Å². The first kappa shape index (κ1) is 19.9. The molecule has 29 heavy (non-hydrogen) atoms. The number of phenolic OH excluding ortho intramolecular Hbond substituents is 1. The van der Waals surface area contributed by atoms with E-state index in [1.54, 1.807) is 23.1 Å². The van der Waals surface area contributed by atoms with Gasteiger partial charge in [-0.1, -0.05) is 52.3 Å². The van der Waals surface area contributed by atoms with E-state index in [1.165, 1.54) is 11.8 Å². The summed E-state index contributed by atoms with van der Waals surface area (Å²) in [5.41, 5.74) is 2.04. The maximum absolute atomic E-state index is 13.2. The molecule has 0 atom stereocenters. The molecule has 1 aliphatic rings. The summed E-state index contributed by atoms with van der Waals surface area (Å²) in [7, 11) is 0. The van der Waals surface area contributed by atoms with Crippen LogP contribution in [0.3, 0.4) is 0 Å². The van der Waals surface area contributed by atoms with Crippen LogP contribution in [-0.4, -0.2) is 16.2 Å². The van der Waals surface area contributed by atoms with Crippen LogP contribution in [0.25, 0.3) is 6.08 Å². The SMILES string of the molecule is O=C1/C(=C/c2cc(Br)cc(Br)c2O)SC(=Nc2ccccc2)N1c1ccccc1. The number of rotatable bonds is 3.